The van der Waals surface area contributed by atoms with E-state index >= 15 is 0 Å². The van der Waals surface area contributed by atoms with Gasteiger partial charge in [0.15, 0.2) is 0 Å². The Balaban J connectivity index is 1.74. The smallest absolute Gasteiger partial charge is 0.255 e. The number of carbonyl (C=O) groups is 1. The zero-order valence-corrected chi connectivity index (χ0v) is 17.5. The highest BCUT2D eigenvalue weighted by Gasteiger charge is 2.16. The molecular weight excluding hydrogens is 368 g/mol. The number of hydrogen-bond acceptors (Lipinski definition) is 4. The number of ether oxygens (including phenoxy) is 1. The molecule has 3 rings (SSSR count). The Kier molecular flexibility index (Phi) is 6.47. The van der Waals surface area contributed by atoms with Gasteiger partial charge in [0.2, 0.25) is 0 Å². The van der Waals surface area contributed by atoms with Crippen molar-refractivity contribution in [2.24, 2.45) is 0 Å². The average molecular weight is 395 g/mol. The summed E-state index contributed by atoms with van der Waals surface area (Å²) < 4.78 is 5.72. The van der Waals surface area contributed by atoms with Crippen LogP contribution in [0.25, 0.3) is 0 Å². The van der Waals surface area contributed by atoms with Gasteiger partial charge in [-0.1, -0.05) is 45.9 Å². The zero-order valence-electron chi connectivity index (χ0n) is 16.7. The number of hydrogen-bond donors (Lipinski definition) is 1. The number of nitrogens with one attached hydrogen (secondary N) is 1. The van der Waals surface area contributed by atoms with Crippen molar-refractivity contribution in [3.63, 3.8) is 0 Å². The molecule has 0 aliphatic rings. The summed E-state index contributed by atoms with van der Waals surface area (Å²) >= 11 is 1.54. The molecule has 0 atom stereocenters. The maximum atomic E-state index is 12.9. The van der Waals surface area contributed by atoms with Gasteiger partial charge < -0.3 is 10.1 Å². The summed E-state index contributed by atoms with van der Waals surface area (Å²) in [6.45, 7) is 8.99. The fraction of sp³-hybridized carbons (Fsp3) is 0.304. The number of anilines is 1. The Hall–Kier alpha value is -2.66. The molecule has 0 aliphatic carbocycles. The van der Waals surface area contributed by atoms with Crippen molar-refractivity contribution in [1.29, 1.82) is 0 Å². The first-order chi connectivity index (χ1) is 13.5. The van der Waals surface area contributed by atoms with Crippen molar-refractivity contribution in [2.75, 3.05) is 5.32 Å². The minimum atomic E-state index is -0.110. The van der Waals surface area contributed by atoms with Crippen LogP contribution in [0.15, 0.2) is 53.4 Å². The molecule has 1 aromatic heterocycles. The van der Waals surface area contributed by atoms with Gasteiger partial charge in [0.1, 0.15) is 12.4 Å². The molecule has 0 unspecified atom stereocenters. The van der Waals surface area contributed by atoms with Gasteiger partial charge in [0.05, 0.1) is 11.2 Å². The van der Waals surface area contributed by atoms with E-state index in [0.717, 1.165) is 28.3 Å². The van der Waals surface area contributed by atoms with Gasteiger partial charge in [-0.15, -0.1) is 11.3 Å². The van der Waals surface area contributed by atoms with Crippen molar-refractivity contribution >= 4 is 22.9 Å². The van der Waals surface area contributed by atoms with E-state index in [2.05, 4.69) is 56.2 Å². The first-order valence-corrected chi connectivity index (χ1v) is 10.4. The highest BCUT2D eigenvalue weighted by Crippen LogP contribution is 2.32. The highest BCUT2D eigenvalue weighted by molar-refractivity contribution is 7.07. The summed E-state index contributed by atoms with van der Waals surface area (Å²) in [6, 6.07) is 13.5. The summed E-state index contributed by atoms with van der Waals surface area (Å²) in [5, 5.41) is 5.10. The molecule has 3 aromatic rings. The number of amides is 1. The molecular formula is C23H26N2O2S. The predicted octanol–water partition coefficient (Wildman–Crippen LogP) is 6.22. The molecule has 146 valence electrons. The van der Waals surface area contributed by atoms with Crippen molar-refractivity contribution in [1.82, 2.24) is 4.98 Å². The van der Waals surface area contributed by atoms with Crippen molar-refractivity contribution in [2.45, 2.75) is 46.1 Å². The molecule has 0 saturated heterocycles. The number of thiazole rings is 1. The second-order valence-corrected chi connectivity index (χ2v) is 8.09. The fourth-order valence-corrected chi connectivity index (χ4v) is 3.59. The largest absolute Gasteiger partial charge is 0.487 e. The van der Waals surface area contributed by atoms with Gasteiger partial charge in [-0.05, 0) is 47.2 Å². The Bertz CT molecular complexity index is 890. The normalized spacial score (nSPS) is 11.1. The van der Waals surface area contributed by atoms with Crippen molar-refractivity contribution in [3.05, 3.63) is 75.7 Å². The lowest BCUT2D eigenvalue weighted by Crippen LogP contribution is -2.16. The molecule has 2 aromatic carbocycles. The molecule has 1 amide bonds. The number of carbonyl (C=O) groups excluding carboxylic acids is 1. The fourth-order valence-electron chi connectivity index (χ4n) is 3.05. The van der Waals surface area contributed by atoms with E-state index in [-0.39, 0.29) is 5.91 Å². The zero-order chi connectivity index (χ0) is 20.1. The van der Waals surface area contributed by atoms with Gasteiger partial charge in [0.25, 0.3) is 5.91 Å². The first-order valence-electron chi connectivity index (χ1n) is 9.49. The summed E-state index contributed by atoms with van der Waals surface area (Å²) in [5.74, 6) is 1.27. The van der Waals surface area contributed by atoms with Gasteiger partial charge in [-0.3, -0.25) is 4.79 Å². The molecule has 28 heavy (non-hydrogen) atoms. The van der Waals surface area contributed by atoms with Crippen LogP contribution in [0.1, 0.15) is 66.7 Å². The summed E-state index contributed by atoms with van der Waals surface area (Å²) in [6.07, 6.45) is 0. The van der Waals surface area contributed by atoms with Crippen LogP contribution in [0.4, 0.5) is 5.69 Å². The maximum Gasteiger partial charge on any atom is 0.255 e. The maximum absolute atomic E-state index is 12.9. The Morgan fingerprint density at radius 2 is 1.68 bits per heavy atom. The van der Waals surface area contributed by atoms with Crippen LogP contribution in [-0.4, -0.2) is 10.9 Å². The number of rotatable bonds is 7. The molecule has 0 radical (unpaired) electrons. The summed E-state index contributed by atoms with van der Waals surface area (Å²) in [5.41, 5.74) is 6.53. The summed E-state index contributed by atoms with van der Waals surface area (Å²) in [4.78, 5) is 17.1. The van der Waals surface area contributed by atoms with E-state index in [0.29, 0.717) is 24.0 Å². The Labute approximate surface area is 170 Å². The Morgan fingerprint density at radius 1 is 1.04 bits per heavy atom. The molecule has 5 heteroatoms. The molecule has 0 saturated carbocycles. The molecule has 4 nitrogen and oxygen atoms in total. The van der Waals surface area contributed by atoms with Crippen LogP contribution in [0.2, 0.25) is 0 Å². The van der Waals surface area contributed by atoms with Crippen LogP contribution < -0.4 is 10.1 Å². The third-order valence-corrected chi connectivity index (χ3v) is 5.23. The third-order valence-electron chi connectivity index (χ3n) is 4.60. The van der Waals surface area contributed by atoms with Gasteiger partial charge >= 0.3 is 0 Å². The SMILES string of the molecule is CC(C)c1cccc(C(C)C)c1NC(=O)c1ccc(OCc2cscn2)cc1. The molecule has 1 N–H and O–H groups in total. The van der Waals surface area contributed by atoms with E-state index in [1.54, 1.807) is 29.0 Å². The van der Waals surface area contributed by atoms with E-state index in [1.165, 1.54) is 0 Å². The lowest BCUT2D eigenvalue weighted by molar-refractivity contribution is 0.102. The molecule has 0 aliphatic heterocycles. The molecule has 0 bridgehead atoms. The van der Waals surface area contributed by atoms with E-state index < -0.39 is 0 Å². The van der Waals surface area contributed by atoms with Gasteiger partial charge in [0, 0.05) is 16.6 Å². The van der Waals surface area contributed by atoms with Crippen LogP contribution in [0, 0.1) is 0 Å². The second kappa shape index (κ2) is 9.02. The molecule has 0 fully saturated rings. The topological polar surface area (TPSA) is 51.2 Å². The monoisotopic (exact) mass is 394 g/mol. The third kappa shape index (κ3) is 4.78. The second-order valence-electron chi connectivity index (χ2n) is 7.37. The highest BCUT2D eigenvalue weighted by atomic mass is 32.1. The van der Waals surface area contributed by atoms with Gasteiger partial charge in [-0.25, -0.2) is 4.98 Å². The number of nitrogens with zero attached hydrogens (tertiary/aromatic N) is 1. The lowest BCUT2D eigenvalue weighted by Gasteiger charge is -2.20. The van der Waals surface area contributed by atoms with E-state index in [4.69, 9.17) is 4.74 Å². The van der Waals surface area contributed by atoms with Crippen molar-refractivity contribution < 1.29 is 9.53 Å². The molecule has 1 heterocycles. The van der Waals surface area contributed by atoms with Crippen LogP contribution in [0.5, 0.6) is 5.75 Å². The van der Waals surface area contributed by atoms with Crippen molar-refractivity contribution in [3.8, 4) is 5.75 Å². The minimum Gasteiger partial charge on any atom is -0.487 e. The molecule has 0 spiro atoms. The van der Waals surface area contributed by atoms with E-state index in [9.17, 15) is 4.79 Å². The lowest BCUT2D eigenvalue weighted by atomic mass is 9.92. The van der Waals surface area contributed by atoms with Crippen LogP contribution >= 0.6 is 11.3 Å². The standard InChI is InChI=1S/C23H26N2O2S/c1-15(2)20-6-5-7-21(16(3)4)22(20)25-23(26)17-8-10-19(11-9-17)27-12-18-13-28-14-24-18/h5-11,13-16H,12H2,1-4H3,(H,25,26). The van der Waals surface area contributed by atoms with E-state index in [1.807, 2.05) is 17.5 Å². The number of benzene rings is 2. The van der Waals surface area contributed by atoms with Gasteiger partial charge in [-0.2, -0.15) is 0 Å². The number of aromatic nitrogens is 1. The summed E-state index contributed by atoms with van der Waals surface area (Å²) in [7, 11) is 0. The predicted molar refractivity (Wildman–Crippen MR) is 115 cm³/mol. The average Bonchev–Trinajstić information content (AvgIpc) is 3.20. The number of para-hydroxylation sites is 1. The van der Waals surface area contributed by atoms with Crippen LogP contribution in [0.3, 0.4) is 0 Å². The van der Waals surface area contributed by atoms with Crippen LogP contribution in [-0.2, 0) is 6.61 Å². The first kappa shape index (κ1) is 20.1. The quantitative estimate of drug-likeness (QED) is 0.517. The minimum absolute atomic E-state index is 0.110. The Morgan fingerprint density at radius 3 is 2.21 bits per heavy atom.